The van der Waals surface area contributed by atoms with E-state index < -0.39 is 6.04 Å². The van der Waals surface area contributed by atoms with E-state index in [0.717, 1.165) is 19.3 Å². The van der Waals surface area contributed by atoms with E-state index in [1.165, 1.54) is 5.56 Å². The van der Waals surface area contributed by atoms with Gasteiger partial charge in [-0.2, -0.15) is 0 Å². The molecule has 0 heterocycles. The molecule has 0 spiro atoms. The molecule has 0 radical (unpaired) electrons. The van der Waals surface area contributed by atoms with Crippen molar-refractivity contribution in [3.8, 4) is 0 Å². The van der Waals surface area contributed by atoms with Crippen LogP contribution in [0, 0.1) is 0 Å². The maximum Gasteiger partial charge on any atom is 0.251 e. The van der Waals surface area contributed by atoms with Gasteiger partial charge in [0.2, 0.25) is 5.91 Å². The van der Waals surface area contributed by atoms with Gasteiger partial charge in [0.1, 0.15) is 6.04 Å². The Morgan fingerprint density at radius 2 is 1.70 bits per heavy atom. The molecule has 1 rings (SSSR count). The molecule has 0 aliphatic rings. The normalized spacial score (nSPS) is 12.6. The van der Waals surface area contributed by atoms with Crippen molar-refractivity contribution in [1.82, 2.24) is 10.6 Å². The first-order valence-corrected chi connectivity index (χ1v) is 8.44. The Morgan fingerprint density at radius 3 is 2.22 bits per heavy atom. The first-order chi connectivity index (χ1) is 10.8. The highest BCUT2D eigenvalue weighted by Crippen LogP contribution is 2.22. The first-order valence-electron chi connectivity index (χ1n) is 8.44. The molecular formula is C19H30N2O2. The van der Waals surface area contributed by atoms with Gasteiger partial charge in [0, 0.05) is 12.1 Å². The average Bonchev–Trinajstić information content (AvgIpc) is 2.50. The van der Waals surface area contributed by atoms with Crippen molar-refractivity contribution >= 4 is 11.8 Å². The van der Waals surface area contributed by atoms with Gasteiger partial charge >= 0.3 is 0 Å². The van der Waals surface area contributed by atoms with Gasteiger partial charge in [-0.05, 0) is 36.5 Å². The van der Waals surface area contributed by atoms with Crippen LogP contribution in [-0.2, 0) is 10.2 Å². The van der Waals surface area contributed by atoms with E-state index >= 15 is 0 Å². The minimum atomic E-state index is -0.536. The van der Waals surface area contributed by atoms with Gasteiger partial charge in [0.25, 0.3) is 5.91 Å². The molecule has 1 atom stereocenters. The smallest absolute Gasteiger partial charge is 0.251 e. The van der Waals surface area contributed by atoms with Crippen LogP contribution < -0.4 is 10.6 Å². The topological polar surface area (TPSA) is 58.2 Å². The third-order valence-corrected chi connectivity index (χ3v) is 3.83. The summed E-state index contributed by atoms with van der Waals surface area (Å²) in [5, 5.41) is 5.59. The zero-order valence-electron chi connectivity index (χ0n) is 15.0. The van der Waals surface area contributed by atoms with Gasteiger partial charge < -0.3 is 10.6 Å². The van der Waals surface area contributed by atoms with Gasteiger partial charge in [-0.1, -0.05) is 52.7 Å². The van der Waals surface area contributed by atoms with E-state index in [1.54, 1.807) is 6.92 Å². The number of rotatable bonds is 7. The molecule has 4 heteroatoms. The van der Waals surface area contributed by atoms with Crippen molar-refractivity contribution in [2.75, 3.05) is 6.54 Å². The van der Waals surface area contributed by atoms with E-state index in [4.69, 9.17) is 0 Å². The van der Waals surface area contributed by atoms with E-state index in [-0.39, 0.29) is 17.2 Å². The van der Waals surface area contributed by atoms with Crippen LogP contribution in [0.4, 0.5) is 0 Å². The van der Waals surface area contributed by atoms with Crippen LogP contribution in [0.5, 0.6) is 0 Å². The summed E-state index contributed by atoms with van der Waals surface area (Å²) in [4.78, 5) is 24.1. The lowest BCUT2D eigenvalue weighted by Crippen LogP contribution is -2.45. The molecule has 0 aliphatic heterocycles. The van der Waals surface area contributed by atoms with Crippen LogP contribution in [0.15, 0.2) is 24.3 Å². The summed E-state index contributed by atoms with van der Waals surface area (Å²) in [6.45, 7) is 10.9. The van der Waals surface area contributed by atoms with E-state index in [9.17, 15) is 9.59 Å². The Labute approximate surface area is 140 Å². The van der Waals surface area contributed by atoms with E-state index in [0.29, 0.717) is 12.1 Å². The molecule has 2 N–H and O–H groups in total. The largest absolute Gasteiger partial charge is 0.354 e. The highest BCUT2D eigenvalue weighted by atomic mass is 16.2. The lowest BCUT2D eigenvalue weighted by molar-refractivity contribution is -0.122. The quantitative estimate of drug-likeness (QED) is 0.757. The Kier molecular flexibility index (Phi) is 7.27. The summed E-state index contributed by atoms with van der Waals surface area (Å²) in [6, 6.07) is 7.00. The van der Waals surface area contributed by atoms with Gasteiger partial charge in [0.05, 0.1) is 0 Å². The predicted molar refractivity (Wildman–Crippen MR) is 94.6 cm³/mol. The standard InChI is InChI=1S/C19H30N2O2/c1-6-7-8-13-20-17(22)14(2)21-18(23)15-9-11-16(12-10-15)19(3,4)5/h9-12,14H,6-8,13H2,1-5H3,(H,20,22)(H,21,23). The molecule has 1 aromatic rings. The summed E-state index contributed by atoms with van der Waals surface area (Å²) < 4.78 is 0. The maximum absolute atomic E-state index is 12.2. The number of hydrogen-bond acceptors (Lipinski definition) is 2. The number of carbonyl (C=O) groups excluding carboxylic acids is 2. The summed E-state index contributed by atoms with van der Waals surface area (Å²) in [5.41, 5.74) is 1.81. The number of nitrogens with one attached hydrogen (secondary N) is 2. The van der Waals surface area contributed by atoms with Crippen molar-refractivity contribution in [2.45, 2.75) is 65.3 Å². The molecule has 1 aromatic carbocycles. The van der Waals surface area contributed by atoms with Gasteiger partial charge in [-0.15, -0.1) is 0 Å². The molecular weight excluding hydrogens is 288 g/mol. The second-order valence-corrected chi connectivity index (χ2v) is 7.02. The van der Waals surface area contributed by atoms with E-state index in [2.05, 4.69) is 38.3 Å². The number of amides is 2. The fourth-order valence-electron chi connectivity index (χ4n) is 2.21. The van der Waals surface area contributed by atoms with Crippen LogP contribution in [0.2, 0.25) is 0 Å². The fraction of sp³-hybridized carbons (Fsp3) is 0.579. The highest BCUT2D eigenvalue weighted by Gasteiger charge is 2.17. The zero-order chi connectivity index (χ0) is 17.5. The van der Waals surface area contributed by atoms with E-state index in [1.807, 2.05) is 24.3 Å². The molecule has 0 saturated heterocycles. The van der Waals surface area contributed by atoms with Gasteiger partial charge in [-0.3, -0.25) is 9.59 Å². The Balaban J connectivity index is 2.53. The maximum atomic E-state index is 12.2. The van der Waals surface area contributed by atoms with Crippen LogP contribution in [0.3, 0.4) is 0 Å². The molecule has 2 amide bonds. The summed E-state index contributed by atoms with van der Waals surface area (Å²) in [7, 11) is 0. The molecule has 1 unspecified atom stereocenters. The van der Waals surface area contributed by atoms with Crippen molar-refractivity contribution < 1.29 is 9.59 Å². The Morgan fingerprint density at radius 1 is 1.09 bits per heavy atom. The first kappa shape index (κ1) is 19.2. The lowest BCUT2D eigenvalue weighted by atomic mass is 9.86. The summed E-state index contributed by atoms with van der Waals surface area (Å²) >= 11 is 0. The van der Waals surface area contributed by atoms with Crippen molar-refractivity contribution in [1.29, 1.82) is 0 Å². The zero-order valence-corrected chi connectivity index (χ0v) is 15.0. The van der Waals surface area contributed by atoms with Crippen LogP contribution in [0.25, 0.3) is 0 Å². The third-order valence-electron chi connectivity index (χ3n) is 3.83. The second kappa shape index (κ2) is 8.70. The number of hydrogen-bond donors (Lipinski definition) is 2. The Hall–Kier alpha value is -1.84. The Bertz CT molecular complexity index is 515. The molecule has 0 bridgehead atoms. The van der Waals surface area contributed by atoms with Crippen LogP contribution in [-0.4, -0.2) is 24.4 Å². The molecule has 128 valence electrons. The molecule has 0 fully saturated rings. The molecule has 0 aromatic heterocycles. The van der Waals surface area contributed by atoms with Crippen molar-refractivity contribution in [2.24, 2.45) is 0 Å². The number of carbonyl (C=O) groups is 2. The monoisotopic (exact) mass is 318 g/mol. The lowest BCUT2D eigenvalue weighted by Gasteiger charge is -2.19. The van der Waals surface area contributed by atoms with Crippen molar-refractivity contribution in [3.05, 3.63) is 35.4 Å². The molecule has 23 heavy (non-hydrogen) atoms. The molecule has 4 nitrogen and oxygen atoms in total. The minimum absolute atomic E-state index is 0.0562. The average molecular weight is 318 g/mol. The third kappa shape index (κ3) is 6.43. The second-order valence-electron chi connectivity index (χ2n) is 7.02. The van der Waals surface area contributed by atoms with Crippen LogP contribution >= 0.6 is 0 Å². The minimum Gasteiger partial charge on any atom is -0.354 e. The molecule has 0 aliphatic carbocycles. The SMILES string of the molecule is CCCCCNC(=O)C(C)NC(=O)c1ccc(C(C)(C)C)cc1. The fourth-order valence-corrected chi connectivity index (χ4v) is 2.21. The number of benzene rings is 1. The predicted octanol–water partition coefficient (Wildman–Crippen LogP) is 3.41. The summed E-state index contributed by atoms with van der Waals surface area (Å²) in [6.07, 6.45) is 3.19. The van der Waals surface area contributed by atoms with Gasteiger partial charge in [-0.25, -0.2) is 0 Å². The highest BCUT2D eigenvalue weighted by molar-refractivity contribution is 5.97. The number of unbranched alkanes of at least 4 members (excludes halogenated alkanes) is 2. The van der Waals surface area contributed by atoms with Crippen molar-refractivity contribution in [3.63, 3.8) is 0 Å². The summed E-state index contributed by atoms with van der Waals surface area (Å²) in [5.74, 6) is -0.359. The van der Waals surface area contributed by atoms with Gasteiger partial charge in [0.15, 0.2) is 0 Å². The van der Waals surface area contributed by atoms with Crippen LogP contribution in [0.1, 0.15) is 69.8 Å². The molecule has 0 saturated carbocycles.